The Hall–Kier alpha value is -2.89. The van der Waals surface area contributed by atoms with Crippen LogP contribution in [0.3, 0.4) is 0 Å². The van der Waals surface area contributed by atoms with Gasteiger partial charge in [-0.15, -0.1) is 0 Å². The van der Waals surface area contributed by atoms with E-state index >= 15 is 0 Å². The molecule has 2 amide bonds. The summed E-state index contributed by atoms with van der Waals surface area (Å²) in [6.45, 7) is 0.882. The Morgan fingerprint density at radius 1 is 1.19 bits per heavy atom. The third-order valence-corrected chi connectivity index (χ3v) is 4.52. The maximum absolute atomic E-state index is 13.9. The Kier molecular flexibility index (Phi) is 5.51. The van der Waals surface area contributed by atoms with Gasteiger partial charge >= 0.3 is 0 Å². The number of amides is 2. The first kappa shape index (κ1) is 17.9. The van der Waals surface area contributed by atoms with Crippen LogP contribution in [0.4, 0.5) is 10.1 Å². The number of carbonyl (C=O) groups is 2. The molecule has 2 aromatic rings. The molecule has 0 aliphatic carbocycles. The molecule has 0 spiro atoms. The summed E-state index contributed by atoms with van der Waals surface area (Å²) in [5.41, 5.74) is 0.991. The zero-order valence-electron chi connectivity index (χ0n) is 14.6. The molecular weight excluding hydrogens is 335 g/mol. The Morgan fingerprint density at radius 2 is 1.96 bits per heavy atom. The van der Waals surface area contributed by atoms with E-state index in [9.17, 15) is 14.0 Å². The minimum absolute atomic E-state index is 0.0975. The van der Waals surface area contributed by atoms with Gasteiger partial charge in [-0.1, -0.05) is 18.2 Å². The van der Waals surface area contributed by atoms with Crippen LogP contribution in [0.1, 0.15) is 23.2 Å². The highest BCUT2D eigenvalue weighted by molar-refractivity contribution is 5.96. The van der Waals surface area contributed by atoms with Crippen molar-refractivity contribution in [3.8, 4) is 5.75 Å². The van der Waals surface area contributed by atoms with E-state index in [1.165, 1.54) is 25.3 Å². The van der Waals surface area contributed by atoms with Gasteiger partial charge in [0, 0.05) is 24.3 Å². The molecule has 1 heterocycles. The first-order chi connectivity index (χ1) is 12.6. The zero-order valence-corrected chi connectivity index (χ0v) is 14.6. The van der Waals surface area contributed by atoms with Crippen LogP contribution >= 0.6 is 0 Å². The molecule has 5 nitrogen and oxygen atoms in total. The number of hydrogen-bond acceptors (Lipinski definition) is 3. The van der Waals surface area contributed by atoms with Crippen LogP contribution < -0.4 is 10.1 Å². The Labute approximate surface area is 151 Å². The molecule has 0 unspecified atom stereocenters. The van der Waals surface area contributed by atoms with Gasteiger partial charge in [0.05, 0.1) is 13.0 Å². The predicted octanol–water partition coefficient (Wildman–Crippen LogP) is 3.33. The fraction of sp³-hybridized carbons (Fsp3) is 0.300. The fourth-order valence-electron chi connectivity index (χ4n) is 3.12. The quantitative estimate of drug-likeness (QED) is 0.914. The van der Waals surface area contributed by atoms with Crippen LogP contribution in [0.15, 0.2) is 48.5 Å². The summed E-state index contributed by atoms with van der Waals surface area (Å²) in [6, 6.07) is 13.4. The number of anilines is 1. The molecule has 0 saturated carbocycles. The van der Waals surface area contributed by atoms with Crippen LogP contribution in [0.5, 0.6) is 5.75 Å². The molecule has 0 radical (unpaired) electrons. The lowest BCUT2D eigenvalue weighted by Crippen LogP contribution is -2.43. The van der Waals surface area contributed by atoms with Crippen molar-refractivity contribution in [2.24, 2.45) is 5.92 Å². The van der Waals surface area contributed by atoms with E-state index in [1.807, 2.05) is 30.3 Å². The highest BCUT2D eigenvalue weighted by atomic mass is 19.1. The Morgan fingerprint density at radius 3 is 2.65 bits per heavy atom. The SMILES string of the molecule is COc1ccc(C(=O)N2CCC[C@H](C(=O)Nc3ccccc3)C2)cc1F. The molecule has 2 aromatic carbocycles. The topological polar surface area (TPSA) is 58.6 Å². The molecule has 1 aliphatic rings. The summed E-state index contributed by atoms with van der Waals surface area (Å²) < 4.78 is 18.7. The molecule has 1 saturated heterocycles. The number of carbonyl (C=O) groups excluding carboxylic acids is 2. The summed E-state index contributed by atoms with van der Waals surface area (Å²) in [5, 5.41) is 2.88. The minimum Gasteiger partial charge on any atom is -0.494 e. The average Bonchev–Trinajstić information content (AvgIpc) is 2.68. The number of ether oxygens (including phenoxy) is 1. The molecule has 1 aliphatic heterocycles. The first-order valence-corrected chi connectivity index (χ1v) is 8.57. The second-order valence-electron chi connectivity index (χ2n) is 6.29. The number of piperidine rings is 1. The molecular formula is C20H21FN2O3. The number of para-hydroxylation sites is 1. The van der Waals surface area contributed by atoms with Gasteiger partial charge in [0.25, 0.3) is 5.91 Å². The molecule has 0 bridgehead atoms. The molecule has 0 aromatic heterocycles. The monoisotopic (exact) mass is 356 g/mol. The summed E-state index contributed by atoms with van der Waals surface area (Å²) >= 11 is 0. The van der Waals surface area contributed by atoms with E-state index in [0.29, 0.717) is 13.1 Å². The largest absolute Gasteiger partial charge is 0.494 e. The lowest BCUT2D eigenvalue weighted by atomic mass is 9.96. The second-order valence-corrected chi connectivity index (χ2v) is 6.29. The van der Waals surface area contributed by atoms with E-state index in [2.05, 4.69) is 5.32 Å². The van der Waals surface area contributed by atoms with Crippen molar-refractivity contribution < 1.29 is 18.7 Å². The summed E-state index contributed by atoms with van der Waals surface area (Å²) in [5.74, 6) is -1.14. The van der Waals surface area contributed by atoms with Gasteiger partial charge in [0.15, 0.2) is 11.6 Å². The van der Waals surface area contributed by atoms with E-state index in [0.717, 1.165) is 18.5 Å². The lowest BCUT2D eigenvalue weighted by Gasteiger charge is -2.32. The zero-order chi connectivity index (χ0) is 18.5. The third kappa shape index (κ3) is 4.02. The third-order valence-electron chi connectivity index (χ3n) is 4.52. The van der Waals surface area contributed by atoms with E-state index in [-0.39, 0.29) is 29.0 Å². The Bertz CT molecular complexity index is 795. The van der Waals surface area contributed by atoms with E-state index in [1.54, 1.807) is 4.90 Å². The molecule has 6 heteroatoms. The molecule has 136 valence electrons. The maximum Gasteiger partial charge on any atom is 0.253 e. The van der Waals surface area contributed by atoms with Gasteiger partial charge in [-0.3, -0.25) is 9.59 Å². The van der Waals surface area contributed by atoms with Crippen molar-refractivity contribution in [3.63, 3.8) is 0 Å². The van der Waals surface area contributed by atoms with Crippen molar-refractivity contribution in [2.75, 3.05) is 25.5 Å². The average molecular weight is 356 g/mol. The Balaban J connectivity index is 1.66. The second kappa shape index (κ2) is 7.99. The summed E-state index contributed by atoms with van der Waals surface area (Å²) in [6.07, 6.45) is 1.46. The lowest BCUT2D eigenvalue weighted by molar-refractivity contribution is -0.121. The first-order valence-electron chi connectivity index (χ1n) is 8.57. The molecule has 3 rings (SSSR count). The van der Waals surface area contributed by atoms with Crippen LogP contribution in [0.25, 0.3) is 0 Å². The van der Waals surface area contributed by atoms with E-state index < -0.39 is 5.82 Å². The summed E-state index contributed by atoms with van der Waals surface area (Å²) in [4.78, 5) is 26.8. The van der Waals surface area contributed by atoms with Gasteiger partial charge in [0.1, 0.15) is 0 Å². The molecule has 26 heavy (non-hydrogen) atoms. The van der Waals surface area contributed by atoms with Gasteiger partial charge in [-0.05, 0) is 43.2 Å². The number of benzene rings is 2. The number of methoxy groups -OCH3 is 1. The van der Waals surface area contributed by atoms with Crippen molar-refractivity contribution in [1.82, 2.24) is 4.90 Å². The summed E-state index contributed by atoms with van der Waals surface area (Å²) in [7, 11) is 1.38. The fourth-order valence-corrected chi connectivity index (χ4v) is 3.12. The number of halogens is 1. The van der Waals surface area contributed by atoms with Crippen LogP contribution in [-0.4, -0.2) is 36.9 Å². The number of rotatable bonds is 4. The van der Waals surface area contributed by atoms with Crippen molar-refractivity contribution in [3.05, 3.63) is 59.9 Å². The minimum atomic E-state index is -0.575. The highest BCUT2D eigenvalue weighted by Crippen LogP contribution is 2.23. The number of nitrogens with one attached hydrogen (secondary N) is 1. The van der Waals surface area contributed by atoms with Gasteiger partial charge in [0.2, 0.25) is 5.91 Å². The number of likely N-dealkylation sites (tertiary alicyclic amines) is 1. The maximum atomic E-state index is 13.9. The van der Waals surface area contributed by atoms with Crippen LogP contribution in [0.2, 0.25) is 0 Å². The smallest absolute Gasteiger partial charge is 0.253 e. The normalized spacial score (nSPS) is 16.8. The number of nitrogens with zero attached hydrogens (tertiary/aromatic N) is 1. The van der Waals surface area contributed by atoms with E-state index in [4.69, 9.17) is 4.74 Å². The highest BCUT2D eigenvalue weighted by Gasteiger charge is 2.29. The predicted molar refractivity (Wildman–Crippen MR) is 96.7 cm³/mol. The molecule has 1 atom stereocenters. The van der Waals surface area contributed by atoms with Gasteiger partial charge < -0.3 is 15.0 Å². The van der Waals surface area contributed by atoms with Crippen molar-refractivity contribution >= 4 is 17.5 Å². The molecule has 1 N–H and O–H groups in total. The van der Waals surface area contributed by atoms with Crippen molar-refractivity contribution in [2.45, 2.75) is 12.8 Å². The number of hydrogen-bond donors (Lipinski definition) is 1. The van der Waals surface area contributed by atoms with Gasteiger partial charge in [-0.25, -0.2) is 4.39 Å². The van der Waals surface area contributed by atoms with Crippen molar-refractivity contribution in [1.29, 1.82) is 0 Å². The van der Waals surface area contributed by atoms with Gasteiger partial charge in [-0.2, -0.15) is 0 Å². The van der Waals surface area contributed by atoms with Crippen LogP contribution in [0, 0.1) is 11.7 Å². The van der Waals surface area contributed by atoms with Crippen LogP contribution in [-0.2, 0) is 4.79 Å². The molecule has 1 fully saturated rings. The standard InChI is InChI=1S/C20H21FN2O3/c1-26-18-10-9-14(12-17(18)21)20(25)23-11-5-6-15(13-23)19(24)22-16-7-3-2-4-8-16/h2-4,7-10,12,15H,5-6,11,13H2,1H3,(H,22,24)/t15-/m0/s1.